The zero-order valence-corrected chi connectivity index (χ0v) is 8.92. The van der Waals surface area contributed by atoms with Crippen molar-refractivity contribution in [2.75, 3.05) is 0 Å². The van der Waals surface area contributed by atoms with Crippen molar-refractivity contribution in [1.82, 2.24) is 9.61 Å². The number of aliphatic carboxylic acids is 1. The van der Waals surface area contributed by atoms with Crippen LogP contribution in [0.4, 0.5) is 0 Å². The van der Waals surface area contributed by atoms with Crippen molar-refractivity contribution in [3.8, 4) is 0 Å². The topological polar surface area (TPSA) is 80.6 Å². The fourth-order valence-corrected chi connectivity index (χ4v) is 1.62. The molecule has 0 fully saturated rings. The van der Waals surface area contributed by atoms with Crippen LogP contribution in [0.3, 0.4) is 0 Å². The van der Waals surface area contributed by atoms with Crippen LogP contribution in [0.1, 0.15) is 11.3 Å². The van der Waals surface area contributed by atoms with Gasteiger partial charge in [0.25, 0.3) is 0 Å². The first kappa shape index (κ1) is 10.6. The number of hydrogen-bond donors (Lipinski definition) is 2. The number of pyridine rings is 1. The average Bonchev–Trinajstić information content (AvgIpc) is 2.61. The number of aryl methyl sites for hydroxylation is 1. The number of fused-ring (bicyclic) bond motifs is 1. The van der Waals surface area contributed by atoms with Gasteiger partial charge < -0.3 is 10.8 Å². The van der Waals surface area contributed by atoms with Crippen molar-refractivity contribution in [1.29, 1.82) is 0 Å². The number of carboxylic acid groups (broad SMARTS) is 1. The Labute approximate surface area is 92.5 Å². The van der Waals surface area contributed by atoms with Crippen LogP contribution in [0, 0.1) is 6.92 Å². The number of aromatic nitrogens is 2. The second-order valence-electron chi connectivity index (χ2n) is 3.81. The molecular formula is C11H13N3O2. The van der Waals surface area contributed by atoms with Gasteiger partial charge in [0.15, 0.2) is 0 Å². The molecule has 5 heteroatoms. The molecule has 84 valence electrons. The van der Waals surface area contributed by atoms with Crippen LogP contribution in [-0.4, -0.2) is 26.7 Å². The van der Waals surface area contributed by atoms with Gasteiger partial charge >= 0.3 is 5.97 Å². The van der Waals surface area contributed by atoms with E-state index in [1.807, 2.05) is 31.3 Å². The Morgan fingerprint density at radius 3 is 3.06 bits per heavy atom. The Morgan fingerprint density at radius 1 is 1.69 bits per heavy atom. The molecule has 16 heavy (non-hydrogen) atoms. The number of carbonyl (C=O) groups is 1. The summed E-state index contributed by atoms with van der Waals surface area (Å²) in [5.41, 5.74) is 8.24. The van der Waals surface area contributed by atoms with Crippen molar-refractivity contribution in [2.45, 2.75) is 19.4 Å². The Kier molecular flexibility index (Phi) is 2.62. The van der Waals surface area contributed by atoms with Crippen molar-refractivity contribution < 1.29 is 9.90 Å². The molecule has 0 aliphatic carbocycles. The molecule has 1 atom stereocenters. The molecule has 3 N–H and O–H groups in total. The molecule has 0 saturated carbocycles. The smallest absolute Gasteiger partial charge is 0.320 e. The Hall–Kier alpha value is -1.88. The molecule has 2 rings (SSSR count). The standard InChI is InChI=1S/C11H13N3O2/c1-7-3-2-4-14-10(7)6-8(13-14)5-9(12)11(15)16/h2-4,6,9H,5,12H2,1H3,(H,15,16). The summed E-state index contributed by atoms with van der Waals surface area (Å²) in [6.45, 7) is 1.98. The van der Waals surface area contributed by atoms with Crippen LogP contribution in [0.25, 0.3) is 5.52 Å². The van der Waals surface area contributed by atoms with E-state index >= 15 is 0 Å². The third kappa shape index (κ3) is 1.90. The SMILES string of the molecule is Cc1cccn2nc(CC(N)C(=O)O)cc12. The lowest BCUT2D eigenvalue weighted by atomic mass is 10.1. The molecule has 0 bridgehead atoms. The van der Waals surface area contributed by atoms with Crippen LogP contribution in [0.15, 0.2) is 24.4 Å². The first-order valence-electron chi connectivity index (χ1n) is 5.00. The highest BCUT2D eigenvalue weighted by atomic mass is 16.4. The Bertz CT molecular complexity index is 533. The van der Waals surface area contributed by atoms with Gasteiger partial charge in [0.2, 0.25) is 0 Å². The third-order valence-corrected chi connectivity index (χ3v) is 2.51. The second-order valence-corrected chi connectivity index (χ2v) is 3.81. The third-order valence-electron chi connectivity index (χ3n) is 2.51. The number of nitrogens with two attached hydrogens (primary N) is 1. The highest BCUT2D eigenvalue weighted by molar-refractivity contribution is 5.73. The lowest BCUT2D eigenvalue weighted by Gasteiger charge is -2.01. The summed E-state index contributed by atoms with van der Waals surface area (Å²) < 4.78 is 1.74. The number of nitrogens with zero attached hydrogens (tertiary/aromatic N) is 2. The van der Waals surface area contributed by atoms with Crippen LogP contribution >= 0.6 is 0 Å². The molecule has 0 aromatic carbocycles. The first-order chi connectivity index (χ1) is 7.58. The molecule has 0 saturated heterocycles. The molecule has 1 unspecified atom stereocenters. The maximum Gasteiger partial charge on any atom is 0.320 e. The summed E-state index contributed by atoms with van der Waals surface area (Å²) >= 11 is 0. The first-order valence-corrected chi connectivity index (χ1v) is 5.00. The van der Waals surface area contributed by atoms with Gasteiger partial charge in [0, 0.05) is 12.6 Å². The zero-order valence-electron chi connectivity index (χ0n) is 8.92. The summed E-state index contributed by atoms with van der Waals surface area (Å²) in [5.74, 6) is -1.01. The molecule has 2 heterocycles. The van der Waals surface area contributed by atoms with E-state index in [1.54, 1.807) is 4.52 Å². The summed E-state index contributed by atoms with van der Waals surface area (Å²) in [6, 6.07) is 4.86. The van der Waals surface area contributed by atoms with Gasteiger partial charge in [-0.05, 0) is 24.6 Å². The summed E-state index contributed by atoms with van der Waals surface area (Å²) in [4.78, 5) is 10.6. The van der Waals surface area contributed by atoms with Crippen LogP contribution < -0.4 is 5.73 Å². The lowest BCUT2D eigenvalue weighted by Crippen LogP contribution is -2.32. The lowest BCUT2D eigenvalue weighted by molar-refractivity contribution is -0.138. The molecule has 2 aromatic heterocycles. The summed E-state index contributed by atoms with van der Waals surface area (Å²) in [7, 11) is 0. The van der Waals surface area contributed by atoms with Gasteiger partial charge in [-0.3, -0.25) is 4.79 Å². The van der Waals surface area contributed by atoms with Gasteiger partial charge in [-0.25, -0.2) is 4.52 Å². The average molecular weight is 219 g/mol. The molecule has 0 amide bonds. The van der Waals surface area contributed by atoms with Crippen LogP contribution in [0.2, 0.25) is 0 Å². The zero-order chi connectivity index (χ0) is 11.7. The Balaban J connectivity index is 2.33. The normalized spacial score (nSPS) is 12.9. The largest absolute Gasteiger partial charge is 0.480 e. The van der Waals surface area contributed by atoms with Crippen molar-refractivity contribution >= 4 is 11.5 Å². The highest BCUT2D eigenvalue weighted by Crippen LogP contribution is 2.12. The second kappa shape index (κ2) is 3.94. The van der Waals surface area contributed by atoms with E-state index in [1.165, 1.54) is 0 Å². The predicted molar refractivity (Wildman–Crippen MR) is 59.2 cm³/mol. The van der Waals surface area contributed by atoms with E-state index in [2.05, 4.69) is 5.10 Å². The van der Waals surface area contributed by atoms with E-state index in [4.69, 9.17) is 10.8 Å². The molecular weight excluding hydrogens is 206 g/mol. The molecule has 0 aliphatic rings. The number of hydrogen-bond acceptors (Lipinski definition) is 3. The predicted octanol–water partition coefficient (Wildman–Crippen LogP) is 0.597. The van der Waals surface area contributed by atoms with Gasteiger partial charge in [0.05, 0.1) is 11.2 Å². The van der Waals surface area contributed by atoms with Crippen molar-refractivity contribution in [3.63, 3.8) is 0 Å². The van der Waals surface area contributed by atoms with Gasteiger partial charge in [-0.15, -0.1) is 0 Å². The van der Waals surface area contributed by atoms with Crippen LogP contribution in [-0.2, 0) is 11.2 Å². The maximum atomic E-state index is 10.6. The Morgan fingerprint density at radius 2 is 2.44 bits per heavy atom. The quantitative estimate of drug-likeness (QED) is 0.792. The molecule has 0 radical (unpaired) electrons. The molecule has 5 nitrogen and oxygen atoms in total. The van der Waals surface area contributed by atoms with E-state index in [0.717, 1.165) is 11.1 Å². The number of rotatable bonds is 3. The van der Waals surface area contributed by atoms with E-state index < -0.39 is 12.0 Å². The minimum absolute atomic E-state index is 0.246. The molecule has 0 spiro atoms. The molecule has 2 aromatic rings. The van der Waals surface area contributed by atoms with Gasteiger partial charge in [0.1, 0.15) is 6.04 Å². The summed E-state index contributed by atoms with van der Waals surface area (Å²) in [5, 5.41) is 13.0. The highest BCUT2D eigenvalue weighted by Gasteiger charge is 2.14. The minimum atomic E-state index is -1.01. The minimum Gasteiger partial charge on any atom is -0.480 e. The van der Waals surface area contributed by atoms with Gasteiger partial charge in [-0.2, -0.15) is 5.10 Å². The fourth-order valence-electron chi connectivity index (χ4n) is 1.62. The van der Waals surface area contributed by atoms with Crippen LogP contribution in [0.5, 0.6) is 0 Å². The number of carboxylic acids is 1. The van der Waals surface area contributed by atoms with Crippen molar-refractivity contribution in [3.05, 3.63) is 35.7 Å². The van der Waals surface area contributed by atoms with E-state index in [9.17, 15) is 4.79 Å². The summed E-state index contributed by atoms with van der Waals surface area (Å²) in [6.07, 6.45) is 2.08. The monoisotopic (exact) mass is 219 g/mol. The van der Waals surface area contributed by atoms with E-state index in [0.29, 0.717) is 5.69 Å². The van der Waals surface area contributed by atoms with Crippen molar-refractivity contribution in [2.24, 2.45) is 5.73 Å². The maximum absolute atomic E-state index is 10.6. The van der Waals surface area contributed by atoms with E-state index in [-0.39, 0.29) is 6.42 Å². The fraction of sp³-hybridized carbons (Fsp3) is 0.273. The molecule has 0 aliphatic heterocycles. The van der Waals surface area contributed by atoms with Gasteiger partial charge in [-0.1, -0.05) is 6.07 Å².